The van der Waals surface area contributed by atoms with Gasteiger partial charge in [0.1, 0.15) is 25.6 Å². The molecule has 0 spiro atoms. The molecule has 0 N–H and O–H groups in total. The lowest BCUT2D eigenvalue weighted by atomic mass is 9.95. The van der Waals surface area contributed by atoms with Gasteiger partial charge in [-0.1, -0.05) is 91.0 Å². The molecule has 0 fully saturated rings. The Balaban J connectivity index is 1.42. The van der Waals surface area contributed by atoms with Crippen molar-refractivity contribution >= 4 is 17.7 Å². The molecule has 38 heavy (non-hydrogen) atoms. The number of esters is 2. The van der Waals surface area contributed by atoms with Crippen LogP contribution in [0.25, 0.3) is 0 Å². The summed E-state index contributed by atoms with van der Waals surface area (Å²) in [7, 11) is 0. The van der Waals surface area contributed by atoms with E-state index in [4.69, 9.17) is 19.2 Å². The normalized spacial score (nSPS) is 11.5. The Hall–Kier alpha value is -3.81. The summed E-state index contributed by atoms with van der Waals surface area (Å²) in [6.45, 7) is 0.849. The number of hydrogen-bond acceptors (Lipinski definition) is 7. The minimum atomic E-state index is -0.731. The molecule has 7 nitrogen and oxygen atoms in total. The Morgan fingerprint density at radius 1 is 0.605 bits per heavy atom. The summed E-state index contributed by atoms with van der Waals surface area (Å²) >= 11 is 0. The minimum Gasteiger partial charge on any atom is -0.461 e. The standard InChI is InChI=1S/C31H34O7/c32-29(17-10-20-37-38-24-27-15-8-3-9-16-27)21-28(31(34)36-23-26-13-6-2-7-14-26)18-19-30(33)35-22-25-11-4-1-5-12-25/h1-9,11-16,28H,10,17-24H2. The Kier molecular flexibility index (Phi) is 12.7. The fourth-order valence-corrected chi connectivity index (χ4v) is 3.70. The zero-order valence-electron chi connectivity index (χ0n) is 21.5. The SMILES string of the molecule is O=C(CCCOOCc1ccccc1)CC(CCC(=O)OCc1ccccc1)C(=O)OCc1ccccc1. The molecule has 0 aliphatic carbocycles. The van der Waals surface area contributed by atoms with Gasteiger partial charge < -0.3 is 9.47 Å². The third-order valence-corrected chi connectivity index (χ3v) is 5.81. The van der Waals surface area contributed by atoms with Crippen LogP contribution in [0.15, 0.2) is 91.0 Å². The molecule has 1 unspecified atom stereocenters. The lowest BCUT2D eigenvalue weighted by molar-refractivity contribution is -0.304. The number of rotatable bonds is 17. The predicted octanol–water partition coefficient (Wildman–Crippen LogP) is 5.76. The molecule has 3 aromatic rings. The van der Waals surface area contributed by atoms with Gasteiger partial charge in [-0.2, -0.15) is 0 Å². The van der Waals surface area contributed by atoms with Gasteiger partial charge >= 0.3 is 11.9 Å². The predicted molar refractivity (Wildman–Crippen MR) is 141 cm³/mol. The van der Waals surface area contributed by atoms with E-state index >= 15 is 0 Å². The first-order chi connectivity index (χ1) is 18.6. The van der Waals surface area contributed by atoms with Crippen LogP contribution in [0.1, 0.15) is 48.8 Å². The van der Waals surface area contributed by atoms with Crippen molar-refractivity contribution in [2.24, 2.45) is 5.92 Å². The van der Waals surface area contributed by atoms with Gasteiger partial charge in [0.15, 0.2) is 0 Å². The van der Waals surface area contributed by atoms with Gasteiger partial charge in [-0.05, 0) is 29.5 Å². The maximum absolute atomic E-state index is 12.8. The second kappa shape index (κ2) is 16.8. The highest BCUT2D eigenvalue weighted by Crippen LogP contribution is 2.18. The van der Waals surface area contributed by atoms with Gasteiger partial charge in [0.25, 0.3) is 0 Å². The smallest absolute Gasteiger partial charge is 0.309 e. The van der Waals surface area contributed by atoms with Crippen molar-refractivity contribution < 1.29 is 33.6 Å². The van der Waals surface area contributed by atoms with Crippen LogP contribution in [-0.4, -0.2) is 24.3 Å². The number of hydrogen-bond donors (Lipinski definition) is 0. The van der Waals surface area contributed by atoms with Crippen LogP contribution in [0.3, 0.4) is 0 Å². The molecule has 0 radical (unpaired) electrons. The second-order valence-corrected chi connectivity index (χ2v) is 8.89. The monoisotopic (exact) mass is 518 g/mol. The average Bonchev–Trinajstić information content (AvgIpc) is 2.96. The Bertz CT molecular complexity index is 1100. The highest BCUT2D eigenvalue weighted by molar-refractivity contribution is 5.84. The molecule has 0 aliphatic rings. The zero-order chi connectivity index (χ0) is 26.8. The van der Waals surface area contributed by atoms with E-state index in [1.54, 1.807) is 0 Å². The zero-order valence-corrected chi connectivity index (χ0v) is 21.5. The van der Waals surface area contributed by atoms with Crippen LogP contribution in [-0.2, 0) is 53.5 Å². The van der Waals surface area contributed by atoms with E-state index in [1.165, 1.54) is 0 Å². The lowest BCUT2D eigenvalue weighted by Gasteiger charge is -2.15. The molecule has 0 amide bonds. The van der Waals surface area contributed by atoms with E-state index in [2.05, 4.69) is 0 Å². The Morgan fingerprint density at radius 2 is 1.13 bits per heavy atom. The fraction of sp³-hybridized carbons (Fsp3) is 0.323. The molecule has 0 heterocycles. The van der Waals surface area contributed by atoms with Gasteiger partial charge in [-0.3, -0.25) is 14.4 Å². The van der Waals surface area contributed by atoms with E-state index in [-0.39, 0.29) is 51.3 Å². The molecule has 1 atom stereocenters. The average molecular weight is 519 g/mol. The van der Waals surface area contributed by atoms with Crippen molar-refractivity contribution in [2.45, 2.75) is 51.9 Å². The summed E-state index contributed by atoms with van der Waals surface area (Å²) in [5.41, 5.74) is 2.72. The summed E-state index contributed by atoms with van der Waals surface area (Å²) < 4.78 is 10.8. The van der Waals surface area contributed by atoms with E-state index < -0.39 is 17.9 Å². The molecular formula is C31H34O7. The third kappa shape index (κ3) is 11.5. The molecule has 0 aliphatic heterocycles. The molecule has 200 valence electrons. The second-order valence-electron chi connectivity index (χ2n) is 8.89. The lowest BCUT2D eigenvalue weighted by Crippen LogP contribution is -2.22. The topological polar surface area (TPSA) is 88.1 Å². The summed E-state index contributed by atoms with van der Waals surface area (Å²) in [5.74, 6) is -1.76. The number of ether oxygens (including phenoxy) is 2. The molecular weight excluding hydrogens is 484 g/mol. The highest BCUT2D eigenvalue weighted by Gasteiger charge is 2.24. The number of benzene rings is 3. The first-order valence-corrected chi connectivity index (χ1v) is 12.8. The molecule has 0 saturated heterocycles. The van der Waals surface area contributed by atoms with Gasteiger partial charge in [0.05, 0.1) is 12.5 Å². The van der Waals surface area contributed by atoms with E-state index in [0.29, 0.717) is 13.0 Å². The maximum Gasteiger partial charge on any atom is 0.309 e. The molecule has 7 heteroatoms. The summed E-state index contributed by atoms with van der Waals surface area (Å²) in [5, 5.41) is 0. The number of ketones is 1. The Morgan fingerprint density at radius 3 is 1.71 bits per heavy atom. The van der Waals surface area contributed by atoms with Gasteiger partial charge in [-0.25, -0.2) is 9.78 Å². The number of Topliss-reactive ketones (excluding diaryl/α,β-unsaturated/α-hetero) is 1. The van der Waals surface area contributed by atoms with E-state index in [0.717, 1.165) is 16.7 Å². The van der Waals surface area contributed by atoms with Crippen molar-refractivity contribution in [3.63, 3.8) is 0 Å². The Labute approximate surface area is 223 Å². The van der Waals surface area contributed by atoms with Crippen LogP contribution in [0.4, 0.5) is 0 Å². The van der Waals surface area contributed by atoms with Crippen LogP contribution < -0.4 is 0 Å². The molecule has 0 bridgehead atoms. The maximum atomic E-state index is 12.8. The molecule has 0 aromatic heterocycles. The van der Waals surface area contributed by atoms with Gasteiger partial charge in [0.2, 0.25) is 0 Å². The van der Waals surface area contributed by atoms with Gasteiger partial charge in [0, 0.05) is 19.3 Å². The quantitative estimate of drug-likeness (QED) is 0.0972. The molecule has 0 saturated carbocycles. The fourth-order valence-electron chi connectivity index (χ4n) is 3.70. The summed E-state index contributed by atoms with van der Waals surface area (Å²) in [4.78, 5) is 48.1. The van der Waals surface area contributed by atoms with Crippen LogP contribution >= 0.6 is 0 Å². The van der Waals surface area contributed by atoms with E-state index in [9.17, 15) is 14.4 Å². The highest BCUT2D eigenvalue weighted by atomic mass is 17.2. The number of carbonyl (C=O) groups excluding carboxylic acids is 3. The minimum absolute atomic E-state index is 0.00946. The van der Waals surface area contributed by atoms with Crippen LogP contribution in [0, 0.1) is 5.92 Å². The molecule has 3 rings (SSSR count). The number of carbonyl (C=O) groups is 3. The summed E-state index contributed by atoms with van der Waals surface area (Å²) in [6.07, 6.45) is 0.865. The van der Waals surface area contributed by atoms with Crippen molar-refractivity contribution in [3.8, 4) is 0 Å². The third-order valence-electron chi connectivity index (χ3n) is 5.81. The molecule has 3 aromatic carbocycles. The van der Waals surface area contributed by atoms with Crippen LogP contribution in [0.5, 0.6) is 0 Å². The first-order valence-electron chi connectivity index (χ1n) is 12.8. The van der Waals surface area contributed by atoms with Crippen LogP contribution in [0.2, 0.25) is 0 Å². The van der Waals surface area contributed by atoms with Crippen molar-refractivity contribution in [2.75, 3.05) is 6.61 Å². The van der Waals surface area contributed by atoms with Crippen molar-refractivity contribution in [3.05, 3.63) is 108 Å². The van der Waals surface area contributed by atoms with Crippen molar-refractivity contribution in [1.82, 2.24) is 0 Å². The summed E-state index contributed by atoms with van der Waals surface area (Å²) in [6, 6.07) is 28.3. The largest absolute Gasteiger partial charge is 0.461 e. The van der Waals surface area contributed by atoms with Crippen molar-refractivity contribution in [1.29, 1.82) is 0 Å². The van der Waals surface area contributed by atoms with Gasteiger partial charge in [-0.15, -0.1) is 0 Å². The first kappa shape index (κ1) is 28.8. The van der Waals surface area contributed by atoms with E-state index in [1.807, 2.05) is 91.0 Å².